The number of rotatable bonds is 37. The first-order chi connectivity index (χ1) is 39.6. The second-order valence-corrected chi connectivity index (χ2v) is 24.2. The molecule has 12 atom stereocenters. The third kappa shape index (κ3) is 19.0. The van der Waals surface area contributed by atoms with Crippen molar-refractivity contribution in [3.8, 4) is 0 Å². The average molecular weight is 1170 g/mol. The summed E-state index contributed by atoms with van der Waals surface area (Å²) >= 11 is 0. The van der Waals surface area contributed by atoms with Gasteiger partial charge in [0, 0.05) is 64.4 Å². The number of nitrogens with one attached hydrogen (secondary N) is 2. The molecule has 1 aromatic carbocycles. The monoisotopic (exact) mass is 1170 g/mol. The smallest absolute Gasteiger partial charge is 0.335 e. The summed E-state index contributed by atoms with van der Waals surface area (Å²) in [6.07, 6.45) is 5.04. The number of likely N-dealkylation sites (tertiary alicyclic amines) is 1. The summed E-state index contributed by atoms with van der Waals surface area (Å²) < 4.78 is 29.2. The Bertz CT molecular complexity index is 2250. The van der Waals surface area contributed by atoms with E-state index in [1.807, 2.05) is 81.8 Å². The number of imide groups is 1. The van der Waals surface area contributed by atoms with Crippen LogP contribution in [-0.2, 0) is 71.7 Å². The quantitative estimate of drug-likeness (QED) is 0.0569. The minimum atomic E-state index is -0.879. The van der Waals surface area contributed by atoms with E-state index in [0.29, 0.717) is 64.0 Å². The number of benzene rings is 1. The van der Waals surface area contributed by atoms with Crippen LogP contribution in [0, 0.1) is 40.9 Å². The molecule has 1 aliphatic carbocycles. The molecule has 5 rings (SSSR count). The van der Waals surface area contributed by atoms with Crippen LogP contribution in [0.3, 0.4) is 0 Å². The molecule has 3 aliphatic heterocycles. The van der Waals surface area contributed by atoms with Crippen molar-refractivity contribution >= 4 is 47.2 Å². The Labute approximate surface area is 493 Å². The molecular formula is C62H100N6O15. The van der Waals surface area contributed by atoms with Gasteiger partial charge in [-0.15, -0.1) is 5.06 Å². The number of ketones is 1. The van der Waals surface area contributed by atoms with E-state index < -0.39 is 47.9 Å². The Morgan fingerprint density at radius 1 is 0.759 bits per heavy atom. The largest absolute Gasteiger partial charge is 0.380 e. The zero-order chi connectivity index (χ0) is 61.0. The predicted molar refractivity (Wildman–Crippen MR) is 309 cm³/mol. The molecule has 1 saturated carbocycles. The van der Waals surface area contributed by atoms with Gasteiger partial charge in [-0.1, -0.05) is 99.1 Å². The minimum Gasteiger partial charge on any atom is -0.380 e. The van der Waals surface area contributed by atoms with Gasteiger partial charge in [0.1, 0.15) is 6.04 Å². The summed E-state index contributed by atoms with van der Waals surface area (Å²) in [5.74, 6) is -3.46. The normalized spacial score (nSPS) is 22.5. The summed E-state index contributed by atoms with van der Waals surface area (Å²) in [6, 6.07) is 7.23. The maximum atomic E-state index is 14.6. The van der Waals surface area contributed by atoms with E-state index in [1.54, 1.807) is 21.1 Å². The fourth-order valence-corrected chi connectivity index (χ4v) is 12.7. The lowest BCUT2D eigenvalue weighted by molar-refractivity contribution is -0.200. The van der Waals surface area contributed by atoms with E-state index in [2.05, 4.69) is 31.4 Å². The number of carbonyl (C=O) groups is 8. The molecule has 0 spiro atoms. The van der Waals surface area contributed by atoms with Gasteiger partial charge in [-0.3, -0.25) is 43.3 Å². The Kier molecular flexibility index (Phi) is 28.0. The lowest BCUT2D eigenvalue weighted by atomic mass is 9.78. The lowest BCUT2D eigenvalue weighted by Gasteiger charge is -2.37. The van der Waals surface area contributed by atoms with Gasteiger partial charge in [-0.05, 0) is 80.7 Å². The summed E-state index contributed by atoms with van der Waals surface area (Å²) in [7, 11) is 5.13. The summed E-state index contributed by atoms with van der Waals surface area (Å²) in [5, 5.41) is 8.12. The van der Waals surface area contributed by atoms with Crippen molar-refractivity contribution in [3.05, 3.63) is 35.9 Å². The SMILES string of the molecule is CC[C@H](C)[C@@]1([C@@H](CC(=O)N2CCC[C@H]2[C@H](OC)[C@@H](C)C(=O)N[C@H](C(=O)N2CCCCO2)[C@@H](C)c2ccccc2)OC)CC1CC(C)CC(=O)[C@@H](NC(=O)[C@H](C(C)C)N(C)CCOCCOCCOCCC(=O)ON1C(=O)CCC1=O)C(C)C. The van der Waals surface area contributed by atoms with E-state index in [0.717, 1.165) is 44.1 Å². The van der Waals surface area contributed by atoms with Crippen LogP contribution in [0.1, 0.15) is 151 Å². The van der Waals surface area contributed by atoms with E-state index in [-0.39, 0.29) is 128 Å². The Morgan fingerprint density at radius 2 is 1.40 bits per heavy atom. The molecule has 1 aromatic rings. The van der Waals surface area contributed by atoms with Crippen LogP contribution in [0.5, 0.6) is 0 Å². The summed E-state index contributed by atoms with van der Waals surface area (Å²) in [4.78, 5) is 121. The van der Waals surface area contributed by atoms with Crippen molar-refractivity contribution < 1.29 is 71.7 Å². The van der Waals surface area contributed by atoms with Gasteiger partial charge < -0.3 is 44.1 Å². The third-order valence-electron chi connectivity index (χ3n) is 17.7. The topological polar surface area (TPSA) is 238 Å². The van der Waals surface area contributed by atoms with Gasteiger partial charge in [-0.25, -0.2) is 9.86 Å². The van der Waals surface area contributed by atoms with Gasteiger partial charge >= 0.3 is 5.97 Å². The van der Waals surface area contributed by atoms with E-state index in [9.17, 15) is 38.4 Å². The molecule has 3 saturated heterocycles. The van der Waals surface area contributed by atoms with Crippen LogP contribution in [0.4, 0.5) is 0 Å². The number of likely N-dealkylation sites (N-methyl/N-ethyl adjacent to an activating group) is 1. The van der Waals surface area contributed by atoms with E-state index in [1.165, 1.54) is 5.06 Å². The number of hydrogen-bond acceptors (Lipinski definition) is 16. The van der Waals surface area contributed by atoms with Crippen LogP contribution in [-0.4, -0.2) is 191 Å². The zero-order valence-electron chi connectivity index (χ0n) is 51.9. The Balaban J connectivity index is 1.09. The zero-order valence-corrected chi connectivity index (χ0v) is 51.9. The van der Waals surface area contributed by atoms with Gasteiger partial charge in [0.05, 0.1) is 95.3 Å². The van der Waals surface area contributed by atoms with Crippen molar-refractivity contribution in [3.63, 3.8) is 0 Å². The molecule has 2 unspecified atom stereocenters. The molecule has 4 aliphatic rings. The summed E-state index contributed by atoms with van der Waals surface area (Å²) in [5.41, 5.74) is 0.642. The first kappa shape index (κ1) is 68.9. The van der Waals surface area contributed by atoms with Crippen LogP contribution >= 0.6 is 0 Å². The van der Waals surface area contributed by atoms with Gasteiger partial charge in [0.2, 0.25) is 17.7 Å². The molecule has 21 nitrogen and oxygen atoms in total. The predicted octanol–water partition coefficient (Wildman–Crippen LogP) is 6.06. The molecule has 4 fully saturated rings. The molecule has 468 valence electrons. The second kappa shape index (κ2) is 33.7. The fourth-order valence-electron chi connectivity index (χ4n) is 12.7. The first-order valence-electron chi connectivity index (χ1n) is 30.6. The maximum absolute atomic E-state index is 14.6. The highest BCUT2D eigenvalue weighted by Gasteiger charge is 2.62. The lowest BCUT2D eigenvalue weighted by Crippen LogP contribution is -2.56. The van der Waals surface area contributed by atoms with Crippen LogP contribution in [0.15, 0.2) is 30.3 Å². The molecule has 21 heteroatoms. The number of methoxy groups -OCH3 is 2. The van der Waals surface area contributed by atoms with Gasteiger partial charge in [0.25, 0.3) is 17.7 Å². The highest BCUT2D eigenvalue weighted by Crippen LogP contribution is 2.65. The molecule has 3 heterocycles. The number of ether oxygens (including phenoxy) is 5. The molecular weight excluding hydrogens is 1070 g/mol. The summed E-state index contributed by atoms with van der Waals surface area (Å²) in [6.45, 7) is 21.5. The van der Waals surface area contributed by atoms with Crippen LogP contribution in [0.25, 0.3) is 0 Å². The third-order valence-corrected chi connectivity index (χ3v) is 17.7. The number of hydrogen-bond donors (Lipinski definition) is 2. The Hall–Kier alpha value is -4.90. The number of carbonyl (C=O) groups excluding carboxylic acids is 8. The molecule has 0 radical (unpaired) electrons. The highest BCUT2D eigenvalue weighted by molar-refractivity contribution is 6.01. The molecule has 6 amide bonds. The second-order valence-electron chi connectivity index (χ2n) is 24.2. The van der Waals surface area contributed by atoms with Crippen LogP contribution in [0.2, 0.25) is 0 Å². The van der Waals surface area contributed by atoms with Crippen molar-refractivity contribution in [2.24, 2.45) is 40.9 Å². The number of amides is 6. The first-order valence-corrected chi connectivity index (χ1v) is 30.6. The van der Waals surface area contributed by atoms with Gasteiger partial charge in [-0.2, -0.15) is 0 Å². The van der Waals surface area contributed by atoms with Crippen molar-refractivity contribution in [1.82, 2.24) is 30.6 Å². The number of nitrogens with zero attached hydrogens (tertiary/aromatic N) is 4. The molecule has 0 aromatic heterocycles. The van der Waals surface area contributed by atoms with E-state index in [4.69, 9.17) is 33.4 Å². The maximum Gasteiger partial charge on any atom is 0.335 e. The van der Waals surface area contributed by atoms with E-state index >= 15 is 0 Å². The number of Topliss-reactive ketones (excluding diaryl/α,β-unsaturated/α-hetero) is 1. The highest BCUT2D eigenvalue weighted by atomic mass is 16.7. The van der Waals surface area contributed by atoms with Gasteiger partial charge in [0.15, 0.2) is 5.78 Å². The molecule has 2 N–H and O–H groups in total. The van der Waals surface area contributed by atoms with Crippen molar-refractivity contribution in [1.29, 1.82) is 0 Å². The fraction of sp³-hybridized carbons (Fsp3) is 0.774. The standard InChI is InChI=1S/C62H100N6O15/c1-13-43(7)62(50(77-11)38-53(72)66-26-19-22-48(66)58(78-12)45(9)59(74)64-56(44(8)46-20-15-14-16-21-46)61(76)67-27-17-18-29-82-67)39-47(62)36-42(6)37-49(69)55(40(2)3)63-60(75)57(41(4)5)65(10)28-31-80-33-35-81-34-32-79-30-25-54(73)83-68-51(70)23-24-52(68)71/h14-16,20-21,40-45,47-48,50,55-58H,13,17-19,22-39H2,1-12H3,(H,63,75)(H,64,74)/t42?,43-,44-,45+,47?,48-,50+,55-,56-,57-,58+,62-/m0/s1. The molecule has 83 heavy (non-hydrogen) atoms. The average Bonchev–Trinajstić information content (AvgIpc) is 2.79. The van der Waals surface area contributed by atoms with Crippen molar-refractivity contribution in [2.75, 3.05) is 87.1 Å². The minimum absolute atomic E-state index is 0.0105. The van der Waals surface area contributed by atoms with Crippen molar-refractivity contribution in [2.45, 2.75) is 182 Å². The molecule has 0 bridgehead atoms. The number of hydroxylamine groups is 4. The Morgan fingerprint density at radius 3 is 1.99 bits per heavy atom. The van der Waals surface area contributed by atoms with Crippen LogP contribution < -0.4 is 10.6 Å².